The maximum Gasteiger partial charge on any atom is 2.00 e. The van der Waals surface area contributed by atoms with Crippen molar-refractivity contribution < 1.29 is 47.6 Å². The van der Waals surface area contributed by atoms with Crippen LogP contribution in [0.1, 0.15) is 65.3 Å². The minimum Gasteiger partial charge on any atom is -1.00 e. The molecule has 1 saturated heterocycles. The van der Waals surface area contributed by atoms with E-state index in [0.717, 1.165) is 18.9 Å². The van der Waals surface area contributed by atoms with Crippen molar-refractivity contribution in [1.82, 2.24) is 0 Å². The van der Waals surface area contributed by atoms with Crippen LogP contribution in [0.2, 0.25) is 0 Å². The molecule has 7 rings (SSSR count). The molecule has 5 aromatic rings. The number of hydrogen-bond donors (Lipinski definition) is 0. The number of aryl methyl sites for hydroxylation is 6. The normalized spacial score (nSPS) is 13.9. The molecule has 0 bridgehead atoms. The number of benzene rings is 5. The van der Waals surface area contributed by atoms with E-state index in [1.165, 1.54) is 44.8 Å². The zero-order valence-electron chi connectivity index (χ0n) is 34.8. The summed E-state index contributed by atoms with van der Waals surface area (Å²) in [5.41, 5.74) is 12.3. The summed E-state index contributed by atoms with van der Waals surface area (Å²) >= 11 is 0. The number of halogens is 1. The molecule has 1 aliphatic carbocycles. The van der Waals surface area contributed by atoms with E-state index in [0.29, 0.717) is 22.3 Å². The van der Waals surface area contributed by atoms with Gasteiger partial charge in [0.15, 0.2) is 0 Å². The van der Waals surface area contributed by atoms with Crippen LogP contribution in [0.3, 0.4) is 0 Å². The number of carbonyl (C=O) groups excluding carboxylic acids is 2. The molecule has 7 heteroatoms. The van der Waals surface area contributed by atoms with Gasteiger partial charge in [-0.2, -0.15) is 6.08 Å². The first-order valence-corrected chi connectivity index (χ1v) is 19.3. The molecule has 5 aromatic carbocycles. The fourth-order valence-electron chi connectivity index (χ4n) is 7.85. The Morgan fingerprint density at radius 2 is 1.00 bits per heavy atom. The van der Waals surface area contributed by atoms with Gasteiger partial charge >= 0.3 is 19.5 Å². The van der Waals surface area contributed by atoms with Gasteiger partial charge in [-0.1, -0.05) is 138 Å². The topological polar surface area (TPSA) is 57.9 Å². The first kappa shape index (κ1) is 47.3. The summed E-state index contributed by atoms with van der Waals surface area (Å²) < 4.78 is 5.42. The number of ketones is 1. The second-order valence-electron chi connectivity index (χ2n) is 14.8. The minimum absolute atomic E-state index is 0. The van der Waals surface area contributed by atoms with Gasteiger partial charge in [-0.15, -0.1) is 6.08 Å². The summed E-state index contributed by atoms with van der Waals surface area (Å²) in [7, 11) is 0. The van der Waals surface area contributed by atoms with Crippen LogP contribution in [0.4, 0.5) is 11.4 Å². The van der Waals surface area contributed by atoms with Gasteiger partial charge in [0.25, 0.3) is 6.10 Å². The standard InChI is InChI=1S/C21H27N2.C20H16O2.C10H12O.ClH.Ru.H2/c1-14-9-16(3)20(17(4)10-14)22-7-8-23(13-22)21-18(5)11-15(2)12-19(21)6;21-19(22)20(16-10-4-1-5-11-16,17-12-6-2-7-13-17)18-14-8-3-9-15-18;1-8(2)11-10-7-5-4-6-9(10)3;;;/h9-13H,7-8H2,1-6H3;1-15H,(H,21,22);3-8H,1-2H3;1H;;1H/q;;;;+2;/p-2. The van der Waals surface area contributed by atoms with Crippen molar-refractivity contribution in [1.29, 1.82) is 0 Å². The monoisotopic (exact) mass is 881 g/mol. The van der Waals surface area contributed by atoms with Crippen LogP contribution in [0.15, 0.2) is 145 Å². The van der Waals surface area contributed by atoms with E-state index in [4.69, 9.17) is 11.0 Å². The molecule has 1 aliphatic heterocycles. The fourth-order valence-corrected chi connectivity index (χ4v) is 7.85. The van der Waals surface area contributed by atoms with Gasteiger partial charge in [0.2, 0.25) is 5.78 Å². The zero-order valence-corrected chi connectivity index (χ0v) is 37.3. The zero-order chi connectivity index (χ0) is 40.4. The van der Waals surface area contributed by atoms with E-state index in [1.807, 2.05) is 129 Å². The number of allylic oxidation sites excluding steroid dienone is 5. The third-order valence-corrected chi connectivity index (χ3v) is 9.91. The fraction of sp³-hybridized carbons (Fsp3) is 0.235. The Labute approximate surface area is 367 Å². The van der Waals surface area contributed by atoms with Crippen molar-refractivity contribution in [2.75, 3.05) is 22.9 Å². The SMILES string of the molecule is Cc1cc(C)c(N2[CH]N(c3c(C)cc(C)cc3C)CC2)c(C)c1.O=C([O-])C(c1ccccc1)(c1ccccc1)c1ccccc1.[CH-]=C1C=CC=CC1=[O+]C(C)C.[Cl-].[HH].[Ru+2]. The van der Waals surface area contributed by atoms with Crippen molar-refractivity contribution in [3.05, 3.63) is 208 Å². The van der Waals surface area contributed by atoms with Gasteiger partial charge in [-0.25, -0.2) is 6.58 Å². The molecule has 303 valence electrons. The van der Waals surface area contributed by atoms with Gasteiger partial charge in [0.05, 0.1) is 11.4 Å². The molecule has 1 fully saturated rings. The number of carbonyl (C=O) groups is 1. The van der Waals surface area contributed by atoms with Crippen molar-refractivity contribution in [3.63, 3.8) is 0 Å². The number of carboxylic acid groups (broad SMARTS) is 1. The molecule has 0 spiro atoms. The Bertz CT molecular complexity index is 2030. The summed E-state index contributed by atoms with van der Waals surface area (Å²) in [6, 6.07) is 36.8. The van der Waals surface area contributed by atoms with Crippen LogP contribution >= 0.6 is 0 Å². The average molecular weight is 882 g/mol. The number of carboxylic acids is 1. The van der Waals surface area contributed by atoms with Gasteiger partial charge in [-0.05, 0) is 86.6 Å². The van der Waals surface area contributed by atoms with E-state index in [-0.39, 0.29) is 39.4 Å². The van der Waals surface area contributed by atoms with E-state index in [2.05, 4.69) is 82.3 Å². The molecule has 0 unspecified atom stereocenters. The van der Waals surface area contributed by atoms with E-state index in [9.17, 15) is 9.90 Å². The molecule has 0 N–H and O–H groups in total. The molecule has 2 aliphatic rings. The molecule has 5 nitrogen and oxygen atoms in total. The largest absolute Gasteiger partial charge is 2.00 e. The predicted octanol–water partition coefficient (Wildman–Crippen LogP) is 6.99. The smallest absolute Gasteiger partial charge is 1.00 e. The summed E-state index contributed by atoms with van der Waals surface area (Å²) in [6.45, 7) is 27.2. The maximum atomic E-state index is 12.3. The molecule has 0 atom stereocenters. The van der Waals surface area contributed by atoms with Gasteiger partial charge < -0.3 is 36.5 Å². The van der Waals surface area contributed by atoms with Crippen molar-refractivity contribution in [2.24, 2.45) is 0 Å². The van der Waals surface area contributed by atoms with E-state index in [1.54, 1.807) is 0 Å². The number of aliphatic carboxylic acids is 1. The Balaban J connectivity index is 0.000000314. The van der Waals surface area contributed by atoms with Crippen molar-refractivity contribution >= 4 is 23.1 Å². The third-order valence-electron chi connectivity index (χ3n) is 9.91. The molecule has 0 saturated carbocycles. The number of nitrogens with zero attached hydrogens (tertiary/aromatic N) is 2. The summed E-state index contributed by atoms with van der Waals surface area (Å²) in [5.74, 6) is -0.362. The predicted molar refractivity (Wildman–Crippen MR) is 233 cm³/mol. The van der Waals surface area contributed by atoms with Crippen LogP contribution in [0.25, 0.3) is 0 Å². The second-order valence-corrected chi connectivity index (χ2v) is 14.8. The molecule has 1 radical (unpaired) electrons. The van der Waals surface area contributed by atoms with E-state index < -0.39 is 11.4 Å². The molecular formula is C51H56ClN2O3Ru. The van der Waals surface area contributed by atoms with Gasteiger partial charge in [0.1, 0.15) is 6.67 Å². The molecule has 1 heterocycles. The Hall–Kier alpha value is -5.03. The molecule has 0 aromatic heterocycles. The molecule has 58 heavy (non-hydrogen) atoms. The molecular weight excluding hydrogens is 825 g/mol. The van der Waals surface area contributed by atoms with E-state index >= 15 is 0 Å². The Morgan fingerprint density at radius 3 is 1.31 bits per heavy atom. The minimum atomic E-state index is -1.32. The van der Waals surface area contributed by atoms with Crippen molar-refractivity contribution in [3.8, 4) is 0 Å². The van der Waals surface area contributed by atoms with Crippen LogP contribution in [0.5, 0.6) is 0 Å². The number of hydrogen-bond acceptors (Lipinski definition) is 4. The van der Waals surface area contributed by atoms with Crippen LogP contribution in [-0.2, 0) is 34.1 Å². The summed E-state index contributed by atoms with van der Waals surface area (Å²) in [4.78, 5) is 17.1. The van der Waals surface area contributed by atoms with Crippen LogP contribution in [0, 0.1) is 54.8 Å². The average Bonchev–Trinajstić information content (AvgIpc) is 3.62. The summed E-state index contributed by atoms with van der Waals surface area (Å²) in [6.07, 6.45) is 7.68. The summed E-state index contributed by atoms with van der Waals surface area (Å²) in [5, 5.41) is 12.3. The van der Waals surface area contributed by atoms with Crippen LogP contribution in [-0.4, -0.2) is 30.9 Å². The first-order valence-electron chi connectivity index (χ1n) is 19.3. The Kier molecular flexibility index (Phi) is 17.7. The third kappa shape index (κ3) is 11.1. The van der Waals surface area contributed by atoms with Gasteiger partial charge in [0, 0.05) is 39.7 Å². The second kappa shape index (κ2) is 21.7. The number of rotatable bonds is 7. The maximum absolute atomic E-state index is 12.3. The number of anilines is 2. The Morgan fingerprint density at radius 1 is 0.655 bits per heavy atom. The molecule has 0 amide bonds. The first-order chi connectivity index (χ1) is 26.8. The van der Waals surface area contributed by atoms with Crippen molar-refractivity contribution in [2.45, 2.75) is 66.9 Å². The quantitative estimate of drug-likeness (QED) is 0.0583. The van der Waals surface area contributed by atoms with Crippen LogP contribution < -0.4 is 27.3 Å². The van der Waals surface area contributed by atoms with Gasteiger partial charge in [-0.3, -0.25) is 0 Å².